The first-order chi connectivity index (χ1) is 6.95. The maximum absolute atomic E-state index is 4.17. The lowest BCUT2D eigenvalue weighted by Crippen LogP contribution is -1.90. The molecule has 67 valence electrons. The van der Waals surface area contributed by atoms with Gasteiger partial charge in [0.1, 0.15) is 6.20 Å². The van der Waals surface area contributed by atoms with Crippen LogP contribution in [0.3, 0.4) is 0 Å². The smallest absolute Gasteiger partial charge is 0.271 e. The Morgan fingerprint density at radius 2 is 2.36 bits per heavy atom. The van der Waals surface area contributed by atoms with Crippen LogP contribution in [0.2, 0.25) is 0 Å². The molecule has 2 aromatic rings. The summed E-state index contributed by atoms with van der Waals surface area (Å²) in [5, 5.41) is 5.18. The largest absolute Gasteiger partial charge is 0.336 e. The number of fused-ring (bicyclic) bond motifs is 1. The Morgan fingerprint density at radius 3 is 3.21 bits per heavy atom. The van der Waals surface area contributed by atoms with Gasteiger partial charge in [-0.05, 0) is 17.5 Å². The van der Waals surface area contributed by atoms with Gasteiger partial charge >= 0.3 is 5.82 Å². The van der Waals surface area contributed by atoms with Crippen molar-refractivity contribution in [1.29, 1.82) is 0 Å². The fraction of sp³-hybridized carbons (Fsp3) is 0. The number of nitrogens with zero attached hydrogens (tertiary/aromatic N) is 2. The second-order valence-electron chi connectivity index (χ2n) is 2.94. The van der Waals surface area contributed by atoms with Crippen LogP contribution in [-0.2, 0) is 0 Å². The molecule has 1 N–H and O–H groups in total. The highest BCUT2D eigenvalue weighted by molar-refractivity contribution is 7.13. The van der Waals surface area contributed by atoms with Crippen molar-refractivity contribution >= 4 is 29.2 Å². The van der Waals surface area contributed by atoms with Crippen molar-refractivity contribution in [2.24, 2.45) is 0 Å². The standard InChI is InChI=1S/C10H7N3S/c1-2-8(14-5-1)7-3-4-11-10-9(7)12-6-13-10/h1-6,12H/q+1. The lowest BCUT2D eigenvalue weighted by atomic mass is 10.2. The molecule has 0 amide bonds. The summed E-state index contributed by atoms with van der Waals surface area (Å²) in [6, 6.07) is 6.15. The van der Waals surface area contributed by atoms with Gasteiger partial charge in [0.25, 0.3) is 0 Å². The molecular weight excluding hydrogens is 194 g/mol. The Labute approximate surface area is 85.2 Å². The molecule has 0 aliphatic carbocycles. The topological polar surface area (TPSA) is 39.0 Å². The Morgan fingerprint density at radius 1 is 1.36 bits per heavy atom. The van der Waals surface area contributed by atoms with Gasteiger partial charge < -0.3 is 0 Å². The first-order valence-corrected chi connectivity index (χ1v) is 5.15. The summed E-state index contributed by atoms with van der Waals surface area (Å²) >= 11 is 1.72. The van der Waals surface area contributed by atoms with Crippen molar-refractivity contribution in [3.8, 4) is 10.4 Å². The molecule has 0 saturated heterocycles. The maximum atomic E-state index is 4.17. The lowest BCUT2D eigenvalue weighted by molar-refractivity contribution is 1.24. The second-order valence-corrected chi connectivity index (χ2v) is 3.88. The zero-order valence-electron chi connectivity index (χ0n) is 7.27. The molecule has 14 heavy (non-hydrogen) atoms. The van der Waals surface area contributed by atoms with Gasteiger partial charge in [0, 0.05) is 10.4 Å². The van der Waals surface area contributed by atoms with Gasteiger partial charge in [0.15, 0.2) is 5.69 Å². The molecule has 0 spiro atoms. The van der Waals surface area contributed by atoms with Gasteiger partial charge in [-0.15, -0.1) is 16.3 Å². The first kappa shape index (κ1) is 7.70. The normalized spacial score (nSPS) is 12.6. The molecule has 0 bridgehead atoms. The number of rotatable bonds is 1. The molecule has 0 fully saturated rings. The minimum atomic E-state index is 0.774. The molecule has 2 aromatic heterocycles. The summed E-state index contributed by atoms with van der Waals surface area (Å²) in [6.07, 6.45) is 3.47. The zero-order valence-corrected chi connectivity index (χ0v) is 8.08. The minimum Gasteiger partial charge on any atom is -0.271 e. The van der Waals surface area contributed by atoms with Crippen molar-refractivity contribution in [1.82, 2.24) is 9.98 Å². The number of thiophene rings is 1. The summed E-state index contributed by atoms with van der Waals surface area (Å²) in [5.41, 5.74) is 2.18. The van der Waals surface area contributed by atoms with Crippen LogP contribution in [0.15, 0.2) is 29.8 Å². The molecule has 3 nitrogen and oxygen atoms in total. The van der Waals surface area contributed by atoms with E-state index in [4.69, 9.17) is 0 Å². The Kier molecular flexibility index (Phi) is 1.61. The number of hydrogen-bond donors (Lipinski definition) is 1. The molecular formula is C10H7N3S+. The van der Waals surface area contributed by atoms with Crippen LogP contribution < -0.4 is 10.3 Å². The third-order valence-electron chi connectivity index (χ3n) is 2.11. The van der Waals surface area contributed by atoms with E-state index in [2.05, 4.69) is 26.7 Å². The third kappa shape index (κ3) is 1.04. The summed E-state index contributed by atoms with van der Waals surface area (Å²) in [5.74, 6) is 0.774. The average molecular weight is 201 g/mol. The maximum Gasteiger partial charge on any atom is 0.336 e. The van der Waals surface area contributed by atoms with Crippen LogP contribution >= 0.6 is 11.3 Å². The van der Waals surface area contributed by atoms with E-state index in [0.717, 1.165) is 11.5 Å². The predicted octanol–water partition coefficient (Wildman–Crippen LogP) is 2.23. The first-order valence-electron chi connectivity index (χ1n) is 4.27. The average Bonchev–Trinajstić information content (AvgIpc) is 2.88. The van der Waals surface area contributed by atoms with Gasteiger partial charge in [-0.1, -0.05) is 11.1 Å². The molecule has 0 aromatic carbocycles. The van der Waals surface area contributed by atoms with Crippen LogP contribution in [0.4, 0.5) is 11.5 Å². The van der Waals surface area contributed by atoms with Gasteiger partial charge in [-0.3, -0.25) is 5.32 Å². The highest BCUT2D eigenvalue weighted by Crippen LogP contribution is 2.35. The molecule has 0 saturated carbocycles. The van der Waals surface area contributed by atoms with Crippen LogP contribution in [-0.4, -0.2) is 11.3 Å². The van der Waals surface area contributed by atoms with Crippen molar-refractivity contribution in [2.45, 2.75) is 0 Å². The summed E-state index contributed by atoms with van der Waals surface area (Å²) in [4.78, 5) is 9.54. The van der Waals surface area contributed by atoms with Crippen molar-refractivity contribution in [2.75, 3.05) is 5.32 Å². The van der Waals surface area contributed by atoms with Gasteiger partial charge in [-0.2, -0.15) is 0 Å². The molecule has 3 heterocycles. The number of aliphatic imine (C=N–C) groups is 1. The third-order valence-corrected chi connectivity index (χ3v) is 3.02. The fourth-order valence-electron chi connectivity index (χ4n) is 1.49. The fourth-order valence-corrected chi connectivity index (χ4v) is 2.24. The number of hydrogen-bond acceptors (Lipinski definition) is 4. The van der Waals surface area contributed by atoms with E-state index < -0.39 is 0 Å². The highest BCUT2D eigenvalue weighted by Gasteiger charge is 2.21. The van der Waals surface area contributed by atoms with Gasteiger partial charge in [0.2, 0.25) is 6.34 Å². The van der Waals surface area contributed by atoms with E-state index in [1.54, 1.807) is 23.9 Å². The van der Waals surface area contributed by atoms with Gasteiger partial charge in [-0.25, -0.2) is 0 Å². The minimum absolute atomic E-state index is 0.774. The van der Waals surface area contributed by atoms with Crippen LogP contribution in [0, 0.1) is 0 Å². The monoisotopic (exact) mass is 201 g/mol. The number of nitrogens with one attached hydrogen (secondary N) is 1. The van der Waals surface area contributed by atoms with Gasteiger partial charge in [0.05, 0.1) is 0 Å². The van der Waals surface area contributed by atoms with Crippen LogP contribution in [0.1, 0.15) is 0 Å². The predicted molar refractivity (Wildman–Crippen MR) is 59.0 cm³/mol. The molecule has 1 aliphatic heterocycles. The van der Waals surface area contributed by atoms with Crippen molar-refractivity contribution in [3.63, 3.8) is 0 Å². The van der Waals surface area contributed by atoms with E-state index in [9.17, 15) is 0 Å². The Bertz CT molecular complexity index is 488. The zero-order chi connectivity index (χ0) is 9.38. The van der Waals surface area contributed by atoms with Crippen LogP contribution in [0.25, 0.3) is 10.4 Å². The molecule has 4 heteroatoms. The van der Waals surface area contributed by atoms with Crippen molar-refractivity contribution in [3.05, 3.63) is 29.8 Å². The number of aromatic nitrogens is 1. The highest BCUT2D eigenvalue weighted by atomic mass is 32.1. The molecule has 1 aliphatic rings. The van der Waals surface area contributed by atoms with E-state index in [1.165, 1.54) is 10.4 Å². The lowest BCUT2D eigenvalue weighted by Gasteiger charge is -1.98. The molecule has 0 unspecified atom stereocenters. The molecule has 0 atom stereocenters. The summed E-state index contributed by atoms with van der Waals surface area (Å²) in [6.45, 7) is 0. The molecule has 3 rings (SSSR count). The summed E-state index contributed by atoms with van der Waals surface area (Å²) in [7, 11) is 0. The van der Waals surface area contributed by atoms with E-state index in [1.807, 2.05) is 12.1 Å². The van der Waals surface area contributed by atoms with E-state index in [0.29, 0.717) is 0 Å². The Balaban J connectivity index is 2.22. The van der Waals surface area contributed by atoms with E-state index in [-0.39, 0.29) is 0 Å². The summed E-state index contributed by atoms with van der Waals surface area (Å²) < 4.78 is 0. The number of anilines is 1. The quantitative estimate of drug-likeness (QED) is 0.768. The van der Waals surface area contributed by atoms with E-state index >= 15 is 0 Å². The SMILES string of the molecule is C1=[N+]c2nccc(-c3cccs3)c2N1. The van der Waals surface area contributed by atoms with Crippen molar-refractivity contribution < 1.29 is 0 Å². The molecule has 1 radical (unpaired) electrons. The second kappa shape index (κ2) is 2.92. The number of pyridine rings is 1. The Hall–Kier alpha value is -1.68. The van der Waals surface area contributed by atoms with Crippen LogP contribution in [0.5, 0.6) is 0 Å².